The SMILES string of the molecule is O=C(COC(=O)c1ccccc1C(F)(F)F)Nc1ccc([N+](=O)[O-])cc1Cl. The molecule has 1 amide bonds. The van der Waals surface area contributed by atoms with Gasteiger partial charge in [-0.15, -0.1) is 0 Å². The zero-order valence-corrected chi connectivity index (χ0v) is 14.0. The molecule has 142 valence electrons. The van der Waals surface area contributed by atoms with E-state index in [0.29, 0.717) is 6.07 Å². The molecule has 1 N–H and O–H groups in total. The summed E-state index contributed by atoms with van der Waals surface area (Å²) >= 11 is 5.80. The predicted octanol–water partition coefficient (Wildman–Crippen LogP) is 4.06. The molecule has 2 rings (SSSR count). The Morgan fingerprint density at radius 1 is 1.19 bits per heavy atom. The van der Waals surface area contributed by atoms with Gasteiger partial charge in [0.2, 0.25) is 0 Å². The van der Waals surface area contributed by atoms with E-state index in [4.69, 9.17) is 11.6 Å². The molecule has 0 bridgehead atoms. The number of benzene rings is 2. The Bertz CT molecular complexity index is 902. The van der Waals surface area contributed by atoms with Gasteiger partial charge in [0.1, 0.15) is 0 Å². The van der Waals surface area contributed by atoms with Crippen molar-refractivity contribution in [3.63, 3.8) is 0 Å². The number of carbonyl (C=O) groups excluding carboxylic acids is 2. The van der Waals surface area contributed by atoms with Crippen molar-refractivity contribution in [2.24, 2.45) is 0 Å². The lowest BCUT2D eigenvalue weighted by Crippen LogP contribution is -2.22. The Morgan fingerprint density at radius 2 is 1.85 bits per heavy atom. The topological polar surface area (TPSA) is 98.5 Å². The van der Waals surface area contributed by atoms with E-state index in [1.165, 1.54) is 12.1 Å². The number of nitro groups is 1. The molecular formula is C16H10ClF3N2O5. The van der Waals surface area contributed by atoms with Crippen LogP contribution < -0.4 is 5.32 Å². The average molecular weight is 403 g/mol. The van der Waals surface area contributed by atoms with E-state index in [9.17, 15) is 32.9 Å². The van der Waals surface area contributed by atoms with Crippen LogP contribution in [0.25, 0.3) is 0 Å². The van der Waals surface area contributed by atoms with Crippen LogP contribution in [0.3, 0.4) is 0 Å². The molecule has 0 saturated carbocycles. The van der Waals surface area contributed by atoms with Crippen molar-refractivity contribution in [2.75, 3.05) is 11.9 Å². The third kappa shape index (κ3) is 5.17. The lowest BCUT2D eigenvalue weighted by atomic mass is 10.1. The lowest BCUT2D eigenvalue weighted by Gasteiger charge is -2.12. The maximum absolute atomic E-state index is 12.9. The number of hydrogen-bond donors (Lipinski definition) is 1. The molecule has 0 fully saturated rings. The minimum Gasteiger partial charge on any atom is -0.452 e. The highest BCUT2D eigenvalue weighted by molar-refractivity contribution is 6.34. The number of esters is 1. The maximum Gasteiger partial charge on any atom is 0.417 e. The fraction of sp³-hybridized carbons (Fsp3) is 0.125. The zero-order chi connectivity index (χ0) is 20.2. The summed E-state index contributed by atoms with van der Waals surface area (Å²) in [6.07, 6.45) is -4.76. The second-order valence-corrected chi connectivity index (χ2v) is 5.50. The van der Waals surface area contributed by atoms with Crippen molar-refractivity contribution < 1.29 is 32.4 Å². The Labute approximate surface area is 154 Å². The summed E-state index contributed by atoms with van der Waals surface area (Å²) in [6.45, 7) is -0.877. The van der Waals surface area contributed by atoms with Gasteiger partial charge < -0.3 is 10.1 Å². The summed E-state index contributed by atoms with van der Waals surface area (Å²) in [6, 6.07) is 7.24. The molecule has 0 aliphatic carbocycles. The number of amides is 1. The molecular weight excluding hydrogens is 393 g/mol. The van der Waals surface area contributed by atoms with Crippen LogP contribution in [0.15, 0.2) is 42.5 Å². The van der Waals surface area contributed by atoms with E-state index in [1.54, 1.807) is 0 Å². The largest absolute Gasteiger partial charge is 0.452 e. The van der Waals surface area contributed by atoms with Crippen molar-refractivity contribution in [3.8, 4) is 0 Å². The number of nitrogens with zero attached hydrogens (tertiary/aromatic N) is 1. The van der Waals surface area contributed by atoms with E-state index >= 15 is 0 Å². The van der Waals surface area contributed by atoms with E-state index in [-0.39, 0.29) is 16.4 Å². The van der Waals surface area contributed by atoms with Gasteiger partial charge in [-0.1, -0.05) is 23.7 Å². The van der Waals surface area contributed by atoms with Crippen molar-refractivity contribution in [1.82, 2.24) is 0 Å². The summed E-state index contributed by atoms with van der Waals surface area (Å²) in [5, 5.41) is 12.7. The van der Waals surface area contributed by atoms with Crippen LogP contribution in [-0.2, 0) is 15.7 Å². The summed E-state index contributed by atoms with van der Waals surface area (Å²) in [4.78, 5) is 33.6. The third-order valence-corrected chi connectivity index (χ3v) is 3.54. The molecule has 0 aliphatic rings. The van der Waals surface area contributed by atoms with E-state index < -0.39 is 40.7 Å². The lowest BCUT2D eigenvalue weighted by molar-refractivity contribution is -0.384. The van der Waals surface area contributed by atoms with Crippen molar-refractivity contribution in [1.29, 1.82) is 0 Å². The van der Waals surface area contributed by atoms with Gasteiger partial charge in [0, 0.05) is 12.1 Å². The Kier molecular flexibility index (Phi) is 6.01. The quantitative estimate of drug-likeness (QED) is 0.462. The summed E-state index contributed by atoms with van der Waals surface area (Å²) in [7, 11) is 0. The molecule has 2 aromatic carbocycles. The molecule has 0 unspecified atom stereocenters. The van der Waals surface area contributed by atoms with E-state index in [1.807, 2.05) is 0 Å². The molecule has 2 aromatic rings. The number of hydrogen-bond acceptors (Lipinski definition) is 5. The monoisotopic (exact) mass is 402 g/mol. The van der Waals surface area contributed by atoms with E-state index in [0.717, 1.165) is 24.3 Å². The first kappa shape index (κ1) is 20.2. The van der Waals surface area contributed by atoms with Gasteiger partial charge >= 0.3 is 12.1 Å². The normalized spacial score (nSPS) is 11.0. The van der Waals surface area contributed by atoms with Crippen LogP contribution in [0.5, 0.6) is 0 Å². The Balaban J connectivity index is 2.02. The number of alkyl halides is 3. The molecule has 7 nitrogen and oxygen atoms in total. The molecule has 0 saturated heterocycles. The number of anilines is 1. The smallest absolute Gasteiger partial charge is 0.417 e. The van der Waals surface area contributed by atoms with Gasteiger partial charge in [-0.05, 0) is 18.2 Å². The number of halogens is 4. The standard InChI is InChI=1S/C16H10ClF3N2O5/c17-12-7-9(22(25)26)5-6-13(12)21-14(23)8-27-15(24)10-3-1-2-4-11(10)16(18,19)20/h1-7H,8H2,(H,21,23). The highest BCUT2D eigenvalue weighted by Crippen LogP contribution is 2.32. The van der Waals surface area contributed by atoms with Crippen LogP contribution in [0.1, 0.15) is 15.9 Å². The summed E-state index contributed by atoms with van der Waals surface area (Å²) in [5.74, 6) is -2.21. The second kappa shape index (κ2) is 8.04. The van der Waals surface area contributed by atoms with Crippen molar-refractivity contribution in [3.05, 3.63) is 68.7 Å². The minimum atomic E-state index is -4.76. The molecule has 0 aromatic heterocycles. The van der Waals surface area contributed by atoms with Crippen LogP contribution in [0.4, 0.5) is 24.5 Å². The molecule has 0 radical (unpaired) electrons. The van der Waals surface area contributed by atoms with Crippen LogP contribution in [0, 0.1) is 10.1 Å². The van der Waals surface area contributed by atoms with Gasteiger partial charge in [0.15, 0.2) is 6.61 Å². The highest BCUT2D eigenvalue weighted by atomic mass is 35.5. The van der Waals surface area contributed by atoms with Gasteiger partial charge in [-0.3, -0.25) is 14.9 Å². The van der Waals surface area contributed by atoms with Gasteiger partial charge in [0.05, 0.1) is 26.8 Å². The number of rotatable bonds is 5. The number of non-ortho nitro benzene ring substituents is 1. The number of nitrogens with one attached hydrogen (secondary N) is 1. The first-order chi connectivity index (χ1) is 12.6. The number of carbonyl (C=O) groups is 2. The van der Waals surface area contributed by atoms with Crippen LogP contribution >= 0.6 is 11.6 Å². The molecule has 0 spiro atoms. The third-order valence-electron chi connectivity index (χ3n) is 3.22. The first-order valence-electron chi connectivity index (χ1n) is 7.16. The number of ether oxygens (including phenoxy) is 1. The predicted molar refractivity (Wildman–Crippen MR) is 88.5 cm³/mol. The van der Waals surface area contributed by atoms with Crippen molar-refractivity contribution >= 4 is 34.9 Å². The zero-order valence-electron chi connectivity index (χ0n) is 13.2. The average Bonchev–Trinajstić information content (AvgIpc) is 2.60. The molecule has 11 heteroatoms. The number of nitro benzene ring substituents is 1. The highest BCUT2D eigenvalue weighted by Gasteiger charge is 2.35. The summed E-state index contributed by atoms with van der Waals surface area (Å²) < 4.78 is 43.2. The fourth-order valence-electron chi connectivity index (χ4n) is 2.02. The first-order valence-corrected chi connectivity index (χ1v) is 7.54. The van der Waals surface area contributed by atoms with Crippen LogP contribution in [0.2, 0.25) is 5.02 Å². The van der Waals surface area contributed by atoms with Gasteiger partial charge in [0.25, 0.3) is 11.6 Å². The van der Waals surface area contributed by atoms with Gasteiger partial charge in [-0.25, -0.2) is 4.79 Å². The Morgan fingerprint density at radius 3 is 2.44 bits per heavy atom. The van der Waals surface area contributed by atoms with Crippen LogP contribution in [-0.4, -0.2) is 23.4 Å². The van der Waals surface area contributed by atoms with Crippen molar-refractivity contribution in [2.45, 2.75) is 6.18 Å². The van der Waals surface area contributed by atoms with Gasteiger partial charge in [-0.2, -0.15) is 13.2 Å². The molecule has 0 heterocycles. The molecule has 0 aliphatic heterocycles. The fourth-order valence-corrected chi connectivity index (χ4v) is 2.24. The minimum absolute atomic E-state index is 0.0130. The maximum atomic E-state index is 12.9. The second-order valence-electron chi connectivity index (χ2n) is 5.09. The summed E-state index contributed by atoms with van der Waals surface area (Å²) in [5.41, 5.74) is -2.20. The molecule has 27 heavy (non-hydrogen) atoms. The Hall–Kier alpha value is -3.14. The van der Waals surface area contributed by atoms with E-state index in [2.05, 4.69) is 10.1 Å². The molecule has 0 atom stereocenters.